The van der Waals surface area contributed by atoms with Crippen LogP contribution < -0.4 is 9.04 Å². The van der Waals surface area contributed by atoms with Gasteiger partial charge >= 0.3 is 0 Å². The van der Waals surface area contributed by atoms with Gasteiger partial charge in [-0.05, 0) is 61.4 Å². The maximum atomic E-state index is 13.4. The monoisotopic (exact) mass is 409 g/mol. The molecule has 6 heteroatoms. The fourth-order valence-corrected chi connectivity index (χ4v) is 4.34. The van der Waals surface area contributed by atoms with Crippen LogP contribution in [0.15, 0.2) is 77.7 Å². The number of sulfonamides is 1. The number of ether oxygens (including phenoxy) is 1. The van der Waals surface area contributed by atoms with Gasteiger partial charge in [0.1, 0.15) is 5.75 Å². The zero-order chi connectivity index (χ0) is 21.0. The van der Waals surface area contributed by atoms with Gasteiger partial charge in [0, 0.05) is 5.56 Å². The van der Waals surface area contributed by atoms with Crippen LogP contribution in [0, 0.1) is 6.92 Å². The highest BCUT2D eigenvalue weighted by atomic mass is 32.2. The van der Waals surface area contributed by atoms with Gasteiger partial charge in [0.05, 0.1) is 17.7 Å². The lowest BCUT2D eigenvalue weighted by Gasteiger charge is -2.23. The quantitative estimate of drug-likeness (QED) is 0.597. The highest BCUT2D eigenvalue weighted by Crippen LogP contribution is 2.27. The Balaban J connectivity index is 2.15. The van der Waals surface area contributed by atoms with E-state index in [9.17, 15) is 13.2 Å². The highest BCUT2D eigenvalue weighted by Gasteiger charge is 2.32. The molecule has 3 aromatic rings. The Hall–Kier alpha value is -3.12. The molecule has 0 spiro atoms. The minimum atomic E-state index is -4.11. The number of aryl methyl sites for hydroxylation is 2. The van der Waals surface area contributed by atoms with Crippen LogP contribution in [0.5, 0.6) is 5.75 Å². The van der Waals surface area contributed by atoms with E-state index in [0.717, 1.165) is 21.9 Å². The summed E-state index contributed by atoms with van der Waals surface area (Å²) in [5, 5.41) is 0. The van der Waals surface area contributed by atoms with Gasteiger partial charge in [0.2, 0.25) is 0 Å². The number of rotatable bonds is 6. The van der Waals surface area contributed by atoms with Crippen molar-refractivity contribution >= 4 is 21.6 Å². The first-order valence-corrected chi connectivity index (χ1v) is 10.7. The van der Waals surface area contributed by atoms with Crippen LogP contribution in [-0.2, 0) is 16.4 Å². The summed E-state index contributed by atoms with van der Waals surface area (Å²) in [7, 11) is -2.62. The van der Waals surface area contributed by atoms with Gasteiger partial charge in [0.15, 0.2) is 0 Å². The van der Waals surface area contributed by atoms with E-state index in [4.69, 9.17) is 4.74 Å². The molecule has 29 heavy (non-hydrogen) atoms. The minimum absolute atomic E-state index is 0.0546. The van der Waals surface area contributed by atoms with Crippen LogP contribution in [0.1, 0.15) is 28.4 Å². The third-order valence-electron chi connectivity index (χ3n) is 4.64. The predicted octanol–water partition coefficient (Wildman–Crippen LogP) is 4.60. The fourth-order valence-electron chi connectivity index (χ4n) is 2.92. The molecule has 3 aromatic carbocycles. The van der Waals surface area contributed by atoms with Gasteiger partial charge < -0.3 is 4.74 Å². The number of benzene rings is 3. The number of carbonyl (C=O) groups excluding carboxylic acids is 1. The van der Waals surface area contributed by atoms with Crippen molar-refractivity contribution in [2.24, 2.45) is 0 Å². The van der Waals surface area contributed by atoms with Crippen LogP contribution in [0.2, 0.25) is 0 Å². The number of amides is 1. The van der Waals surface area contributed by atoms with Gasteiger partial charge in [0.25, 0.3) is 15.9 Å². The van der Waals surface area contributed by atoms with Crippen LogP contribution >= 0.6 is 0 Å². The summed E-state index contributed by atoms with van der Waals surface area (Å²) in [4.78, 5) is 13.4. The summed E-state index contributed by atoms with van der Waals surface area (Å²) in [5.74, 6) is -0.168. The second-order valence-electron chi connectivity index (χ2n) is 6.64. The molecule has 0 fully saturated rings. The Labute approximate surface area is 171 Å². The molecule has 3 rings (SSSR count). The maximum Gasteiger partial charge on any atom is 0.272 e. The third kappa shape index (κ3) is 4.32. The number of anilines is 1. The second kappa shape index (κ2) is 8.49. The summed E-state index contributed by atoms with van der Waals surface area (Å²) >= 11 is 0. The van der Waals surface area contributed by atoms with E-state index in [1.54, 1.807) is 42.5 Å². The molecule has 1 amide bonds. The Morgan fingerprint density at radius 1 is 0.966 bits per heavy atom. The van der Waals surface area contributed by atoms with Crippen molar-refractivity contribution in [1.82, 2.24) is 0 Å². The summed E-state index contributed by atoms with van der Waals surface area (Å²) in [6.07, 6.45) is 0.814. The van der Waals surface area contributed by atoms with Crippen molar-refractivity contribution in [3.8, 4) is 5.75 Å². The van der Waals surface area contributed by atoms with Crippen LogP contribution in [0.25, 0.3) is 0 Å². The average molecular weight is 410 g/mol. The third-order valence-corrected chi connectivity index (χ3v) is 6.36. The number of hydrogen-bond acceptors (Lipinski definition) is 4. The number of carbonyl (C=O) groups is 1. The van der Waals surface area contributed by atoms with Crippen molar-refractivity contribution < 1.29 is 17.9 Å². The zero-order valence-corrected chi connectivity index (χ0v) is 17.4. The minimum Gasteiger partial charge on any atom is -0.497 e. The zero-order valence-electron chi connectivity index (χ0n) is 16.6. The van der Waals surface area contributed by atoms with Crippen molar-refractivity contribution in [2.75, 3.05) is 11.4 Å². The maximum absolute atomic E-state index is 13.4. The van der Waals surface area contributed by atoms with Gasteiger partial charge in [-0.2, -0.15) is 4.31 Å². The lowest BCUT2D eigenvalue weighted by atomic mass is 10.1. The molecular formula is C23H23NO4S. The molecule has 0 saturated heterocycles. The van der Waals surface area contributed by atoms with E-state index < -0.39 is 15.9 Å². The Morgan fingerprint density at radius 2 is 1.62 bits per heavy atom. The molecule has 0 heterocycles. The summed E-state index contributed by atoms with van der Waals surface area (Å²) in [5.41, 5.74) is 2.49. The molecular weight excluding hydrogens is 386 g/mol. The molecule has 0 atom stereocenters. The van der Waals surface area contributed by atoms with Gasteiger partial charge in [-0.25, -0.2) is 8.42 Å². The van der Waals surface area contributed by atoms with Crippen molar-refractivity contribution in [3.05, 3.63) is 89.5 Å². The average Bonchev–Trinajstić information content (AvgIpc) is 2.74. The van der Waals surface area contributed by atoms with Crippen molar-refractivity contribution in [1.29, 1.82) is 0 Å². The molecule has 0 aliphatic heterocycles. The summed E-state index contributed by atoms with van der Waals surface area (Å²) in [6, 6.07) is 19.9. The van der Waals surface area contributed by atoms with E-state index >= 15 is 0 Å². The van der Waals surface area contributed by atoms with Crippen LogP contribution in [-0.4, -0.2) is 21.4 Å². The SMILES string of the molecule is CCc1ccc(N(C(=O)c2cccc(OC)c2)S(=O)(=O)c2ccc(C)cc2)cc1. The topological polar surface area (TPSA) is 63.7 Å². The van der Waals surface area contributed by atoms with Crippen molar-refractivity contribution in [3.63, 3.8) is 0 Å². The number of nitrogens with zero attached hydrogens (tertiary/aromatic N) is 1. The molecule has 150 valence electrons. The molecule has 0 aliphatic carbocycles. The lowest BCUT2D eigenvalue weighted by Crippen LogP contribution is -2.37. The Bertz CT molecular complexity index is 1100. The van der Waals surface area contributed by atoms with E-state index in [-0.39, 0.29) is 16.1 Å². The van der Waals surface area contributed by atoms with Gasteiger partial charge in [-0.15, -0.1) is 0 Å². The van der Waals surface area contributed by atoms with Gasteiger partial charge in [-0.1, -0.05) is 42.8 Å². The number of hydrogen-bond donors (Lipinski definition) is 0. The van der Waals surface area contributed by atoms with Crippen molar-refractivity contribution in [2.45, 2.75) is 25.2 Å². The molecule has 0 bridgehead atoms. The lowest BCUT2D eigenvalue weighted by molar-refractivity contribution is 0.100. The van der Waals surface area contributed by atoms with Crippen LogP contribution in [0.4, 0.5) is 5.69 Å². The fraction of sp³-hybridized carbons (Fsp3) is 0.174. The van der Waals surface area contributed by atoms with Crippen LogP contribution in [0.3, 0.4) is 0 Å². The first-order chi connectivity index (χ1) is 13.9. The largest absolute Gasteiger partial charge is 0.497 e. The number of methoxy groups -OCH3 is 1. The molecule has 0 unspecified atom stereocenters. The predicted molar refractivity (Wildman–Crippen MR) is 114 cm³/mol. The van der Waals surface area contributed by atoms with E-state index in [0.29, 0.717) is 5.75 Å². The van der Waals surface area contributed by atoms with E-state index in [1.807, 2.05) is 26.0 Å². The second-order valence-corrected chi connectivity index (χ2v) is 8.43. The van der Waals surface area contributed by atoms with E-state index in [2.05, 4.69) is 0 Å². The molecule has 0 saturated carbocycles. The summed E-state index contributed by atoms with van der Waals surface area (Å²) in [6.45, 7) is 3.89. The van der Waals surface area contributed by atoms with E-state index in [1.165, 1.54) is 25.3 Å². The normalized spacial score (nSPS) is 11.1. The Kier molecular flexibility index (Phi) is 6.03. The highest BCUT2D eigenvalue weighted by molar-refractivity contribution is 7.93. The molecule has 5 nitrogen and oxygen atoms in total. The first-order valence-electron chi connectivity index (χ1n) is 9.26. The van der Waals surface area contributed by atoms with Gasteiger partial charge in [-0.3, -0.25) is 4.79 Å². The molecule has 0 aliphatic rings. The molecule has 0 aromatic heterocycles. The standard InChI is InChI=1S/C23H23NO4S/c1-4-18-10-12-20(13-11-18)24(23(25)19-6-5-7-21(16-19)28-3)29(26,27)22-14-8-17(2)9-15-22/h5-16H,4H2,1-3H3. The molecule has 0 N–H and O–H groups in total. The smallest absolute Gasteiger partial charge is 0.272 e. The molecule has 0 radical (unpaired) electrons. The first kappa shape index (κ1) is 20.6. The Morgan fingerprint density at radius 3 is 2.21 bits per heavy atom. The summed E-state index contributed by atoms with van der Waals surface area (Å²) < 4.78 is 32.9.